The first kappa shape index (κ1) is 22.5. The van der Waals surface area contributed by atoms with Crippen LogP contribution in [-0.2, 0) is 4.74 Å². The van der Waals surface area contributed by atoms with E-state index in [1.807, 2.05) is 6.92 Å². The van der Waals surface area contributed by atoms with Crippen LogP contribution in [0.2, 0.25) is 5.02 Å². The second-order valence-corrected chi connectivity index (χ2v) is 9.48. The summed E-state index contributed by atoms with van der Waals surface area (Å²) in [6.07, 6.45) is 7.02. The van der Waals surface area contributed by atoms with Crippen LogP contribution < -0.4 is 15.5 Å². The highest BCUT2D eigenvalue weighted by Crippen LogP contribution is 2.41. The fraction of sp³-hybridized carbons (Fsp3) is 0.318. The lowest BCUT2D eigenvalue weighted by atomic mass is 10.2. The van der Waals surface area contributed by atoms with Crippen LogP contribution in [-0.4, -0.2) is 57.3 Å². The van der Waals surface area contributed by atoms with E-state index in [0.717, 1.165) is 33.9 Å². The Morgan fingerprint density at radius 2 is 2.09 bits per heavy atom. The number of methoxy groups -OCH3 is 1. The minimum absolute atomic E-state index is 0.397. The number of nitrogens with zero attached hydrogens (tertiary/aromatic N) is 6. The average molecular weight is 499 g/mol. The molecule has 0 spiro atoms. The van der Waals surface area contributed by atoms with Crippen LogP contribution >= 0.6 is 22.9 Å². The van der Waals surface area contributed by atoms with Crippen molar-refractivity contribution in [2.45, 2.75) is 25.8 Å². The van der Waals surface area contributed by atoms with E-state index < -0.39 is 6.03 Å². The Morgan fingerprint density at radius 1 is 1.29 bits per heavy atom. The van der Waals surface area contributed by atoms with Crippen molar-refractivity contribution in [1.29, 1.82) is 0 Å². The van der Waals surface area contributed by atoms with Crippen LogP contribution in [0.25, 0.3) is 16.0 Å². The number of rotatable bonds is 8. The van der Waals surface area contributed by atoms with Gasteiger partial charge in [-0.1, -0.05) is 22.9 Å². The van der Waals surface area contributed by atoms with E-state index >= 15 is 0 Å². The van der Waals surface area contributed by atoms with Crippen LogP contribution in [0.4, 0.5) is 21.9 Å². The summed E-state index contributed by atoms with van der Waals surface area (Å²) in [6.45, 7) is 3.23. The zero-order valence-corrected chi connectivity index (χ0v) is 20.2. The molecule has 3 heterocycles. The minimum Gasteiger partial charge on any atom is -0.383 e. The largest absolute Gasteiger partial charge is 0.383 e. The summed E-state index contributed by atoms with van der Waals surface area (Å²) in [4.78, 5) is 26.7. The number of fused-ring (bicyclic) bond motifs is 1. The molecule has 1 saturated carbocycles. The normalized spacial score (nSPS) is 13.3. The third kappa shape index (κ3) is 4.67. The van der Waals surface area contributed by atoms with Gasteiger partial charge in [0.05, 0.1) is 46.6 Å². The zero-order chi connectivity index (χ0) is 23.7. The Morgan fingerprint density at radius 3 is 2.79 bits per heavy atom. The van der Waals surface area contributed by atoms with Crippen molar-refractivity contribution in [2.24, 2.45) is 0 Å². The fourth-order valence-electron chi connectivity index (χ4n) is 3.78. The summed E-state index contributed by atoms with van der Waals surface area (Å²) in [5.41, 5.74) is 3.43. The standard InChI is InChI=1S/C22H23ClN8O2S/c1-13-27-19-20(30(9-10-33-2)15-4-5-15)17(12-24-21(19)34-13)29-22(32)28-14-3-6-18(16(23)11-14)31-25-7-8-26-31/h3,6-8,11-12,15H,4-5,9-10H2,1-2H3,(H2,28,29,32). The summed E-state index contributed by atoms with van der Waals surface area (Å²) in [5, 5.41) is 15.3. The molecule has 4 aromatic rings. The molecule has 5 rings (SSSR count). The number of pyridine rings is 1. The molecule has 2 amide bonds. The van der Waals surface area contributed by atoms with Gasteiger partial charge in [0.2, 0.25) is 0 Å². The fourth-order valence-corrected chi connectivity index (χ4v) is 4.79. The predicted molar refractivity (Wildman–Crippen MR) is 133 cm³/mol. The lowest BCUT2D eigenvalue weighted by Crippen LogP contribution is -2.31. The third-order valence-electron chi connectivity index (χ3n) is 5.41. The highest BCUT2D eigenvalue weighted by molar-refractivity contribution is 7.18. The topological polar surface area (TPSA) is 110 Å². The Labute approximate surface area is 204 Å². The maximum atomic E-state index is 12.9. The molecule has 0 bridgehead atoms. The molecule has 3 aromatic heterocycles. The van der Waals surface area contributed by atoms with E-state index in [1.54, 1.807) is 43.9 Å². The van der Waals surface area contributed by atoms with Crippen molar-refractivity contribution >= 4 is 56.4 Å². The summed E-state index contributed by atoms with van der Waals surface area (Å²) < 4.78 is 5.34. The molecule has 0 atom stereocenters. The van der Waals surface area contributed by atoms with Crippen LogP contribution in [0.3, 0.4) is 0 Å². The summed E-state index contributed by atoms with van der Waals surface area (Å²) >= 11 is 7.92. The number of anilines is 3. The van der Waals surface area contributed by atoms with E-state index in [9.17, 15) is 4.79 Å². The maximum absolute atomic E-state index is 12.9. The van der Waals surface area contributed by atoms with Crippen LogP contribution in [0, 0.1) is 6.92 Å². The van der Waals surface area contributed by atoms with Crippen molar-refractivity contribution < 1.29 is 9.53 Å². The third-order valence-corrected chi connectivity index (χ3v) is 6.59. The van der Waals surface area contributed by atoms with Crippen LogP contribution in [0.15, 0.2) is 36.8 Å². The maximum Gasteiger partial charge on any atom is 0.323 e. The number of aromatic nitrogens is 5. The Kier molecular flexibility index (Phi) is 6.31. The van der Waals surface area contributed by atoms with Crippen LogP contribution in [0.1, 0.15) is 17.8 Å². The van der Waals surface area contributed by atoms with Crippen molar-refractivity contribution in [3.63, 3.8) is 0 Å². The average Bonchev–Trinajstić information content (AvgIpc) is 3.35. The summed E-state index contributed by atoms with van der Waals surface area (Å²) in [5.74, 6) is 0. The van der Waals surface area contributed by atoms with Crippen molar-refractivity contribution in [2.75, 3.05) is 35.8 Å². The van der Waals surface area contributed by atoms with E-state index in [2.05, 4.69) is 30.7 Å². The molecular weight excluding hydrogens is 476 g/mol. The van der Waals surface area contributed by atoms with Gasteiger partial charge >= 0.3 is 6.03 Å². The van der Waals surface area contributed by atoms with Crippen molar-refractivity contribution in [1.82, 2.24) is 25.0 Å². The van der Waals surface area contributed by atoms with E-state index in [1.165, 1.54) is 16.1 Å². The number of ether oxygens (including phenoxy) is 1. The van der Waals surface area contributed by atoms with Gasteiger partial charge < -0.3 is 20.3 Å². The Bertz CT molecular complexity index is 1320. The number of hydrogen-bond donors (Lipinski definition) is 2. The summed E-state index contributed by atoms with van der Waals surface area (Å²) in [6, 6.07) is 5.13. The second kappa shape index (κ2) is 9.53. The molecule has 0 saturated heterocycles. The smallest absolute Gasteiger partial charge is 0.323 e. The SMILES string of the molecule is COCCN(c1c(NC(=O)Nc2ccc(-n3nccn3)c(Cl)c2)cnc2sc(C)nc12)C1CC1. The second-order valence-electron chi connectivity index (χ2n) is 7.89. The van der Waals surface area contributed by atoms with Gasteiger partial charge in [-0.05, 0) is 38.0 Å². The zero-order valence-electron chi connectivity index (χ0n) is 18.7. The molecule has 0 radical (unpaired) electrons. The monoisotopic (exact) mass is 498 g/mol. The Balaban J connectivity index is 1.41. The summed E-state index contributed by atoms with van der Waals surface area (Å²) in [7, 11) is 1.69. The first-order chi connectivity index (χ1) is 16.5. The van der Waals surface area contributed by atoms with Gasteiger partial charge in [-0.3, -0.25) is 0 Å². The van der Waals surface area contributed by atoms with Crippen molar-refractivity contribution in [3.05, 3.63) is 46.8 Å². The lowest BCUT2D eigenvalue weighted by Gasteiger charge is -2.27. The molecule has 2 N–H and O–H groups in total. The number of thiazole rings is 1. The van der Waals surface area contributed by atoms with E-state index in [4.69, 9.17) is 21.3 Å². The lowest BCUT2D eigenvalue weighted by molar-refractivity contribution is 0.205. The van der Waals surface area contributed by atoms with Crippen molar-refractivity contribution in [3.8, 4) is 5.69 Å². The quantitative estimate of drug-likeness (QED) is 0.368. The van der Waals surface area contributed by atoms with Gasteiger partial charge in [0.15, 0.2) is 0 Å². The number of hydrogen-bond acceptors (Lipinski definition) is 8. The highest BCUT2D eigenvalue weighted by atomic mass is 35.5. The molecule has 10 nitrogen and oxygen atoms in total. The van der Waals surface area contributed by atoms with Gasteiger partial charge in [-0.15, -0.1) is 0 Å². The first-order valence-electron chi connectivity index (χ1n) is 10.8. The molecular formula is C22H23ClN8O2S. The first-order valence-corrected chi connectivity index (χ1v) is 12.0. The number of carbonyl (C=O) groups is 1. The number of urea groups is 1. The molecule has 1 aromatic carbocycles. The van der Waals surface area contributed by atoms with Gasteiger partial charge in [-0.2, -0.15) is 15.0 Å². The molecule has 176 valence electrons. The molecule has 34 heavy (non-hydrogen) atoms. The number of amides is 2. The molecule has 0 unspecified atom stereocenters. The van der Waals surface area contributed by atoms with Crippen LogP contribution in [0.5, 0.6) is 0 Å². The van der Waals surface area contributed by atoms with E-state index in [-0.39, 0.29) is 0 Å². The number of benzene rings is 1. The molecule has 1 aliphatic rings. The molecule has 0 aliphatic heterocycles. The van der Waals surface area contributed by atoms with E-state index in [0.29, 0.717) is 41.3 Å². The van der Waals surface area contributed by atoms with Gasteiger partial charge in [0.1, 0.15) is 16.0 Å². The molecule has 1 fully saturated rings. The van der Waals surface area contributed by atoms with Gasteiger partial charge in [0, 0.05) is 25.4 Å². The predicted octanol–water partition coefficient (Wildman–Crippen LogP) is 4.49. The van der Waals surface area contributed by atoms with Gasteiger partial charge in [-0.25, -0.2) is 14.8 Å². The number of halogens is 1. The number of aryl methyl sites for hydroxylation is 1. The molecule has 1 aliphatic carbocycles. The number of carbonyl (C=O) groups excluding carboxylic acids is 1. The minimum atomic E-state index is -0.405. The highest BCUT2D eigenvalue weighted by Gasteiger charge is 2.32. The Hall–Kier alpha value is -3.28. The van der Waals surface area contributed by atoms with Gasteiger partial charge in [0.25, 0.3) is 0 Å². The molecule has 12 heteroatoms. The number of nitrogens with one attached hydrogen (secondary N) is 2.